The van der Waals surface area contributed by atoms with Gasteiger partial charge in [0.15, 0.2) is 0 Å². The third-order valence-corrected chi connectivity index (χ3v) is 4.00. The van der Waals surface area contributed by atoms with Gasteiger partial charge < -0.3 is 15.4 Å². The predicted molar refractivity (Wildman–Crippen MR) is 87.3 cm³/mol. The van der Waals surface area contributed by atoms with Gasteiger partial charge in [-0.15, -0.1) is 12.4 Å². The van der Waals surface area contributed by atoms with E-state index < -0.39 is 11.7 Å². The zero-order chi connectivity index (χ0) is 17.0. The van der Waals surface area contributed by atoms with Gasteiger partial charge in [-0.2, -0.15) is 13.2 Å². The SMILES string of the molecule is CC(COc1ccccc1C(F)(F)F)NC(=O)C(C)C1CNC1.Cl. The van der Waals surface area contributed by atoms with Crippen molar-refractivity contribution >= 4 is 18.3 Å². The summed E-state index contributed by atoms with van der Waals surface area (Å²) in [7, 11) is 0. The molecule has 2 rings (SSSR count). The Bertz CT molecular complexity index is 550. The Morgan fingerprint density at radius 2 is 1.96 bits per heavy atom. The first kappa shape index (κ1) is 20.6. The smallest absolute Gasteiger partial charge is 0.419 e. The van der Waals surface area contributed by atoms with Crippen LogP contribution in [-0.2, 0) is 11.0 Å². The molecule has 2 unspecified atom stereocenters. The molecule has 136 valence electrons. The molecule has 1 heterocycles. The van der Waals surface area contributed by atoms with Gasteiger partial charge in [-0.25, -0.2) is 0 Å². The average Bonchev–Trinajstić information content (AvgIpc) is 2.42. The molecule has 1 aromatic carbocycles. The van der Waals surface area contributed by atoms with Crippen molar-refractivity contribution in [1.29, 1.82) is 0 Å². The van der Waals surface area contributed by atoms with Crippen LogP contribution in [0.25, 0.3) is 0 Å². The molecular formula is C16H22ClF3N2O2. The first-order valence-electron chi connectivity index (χ1n) is 7.59. The maximum absolute atomic E-state index is 12.9. The number of rotatable bonds is 6. The second-order valence-electron chi connectivity index (χ2n) is 5.92. The lowest BCUT2D eigenvalue weighted by molar-refractivity contribution is -0.139. The molecule has 1 amide bonds. The van der Waals surface area contributed by atoms with Gasteiger partial charge in [-0.3, -0.25) is 4.79 Å². The third-order valence-electron chi connectivity index (χ3n) is 4.00. The van der Waals surface area contributed by atoms with E-state index in [0.29, 0.717) is 5.92 Å². The molecule has 24 heavy (non-hydrogen) atoms. The Morgan fingerprint density at radius 3 is 2.50 bits per heavy atom. The van der Waals surface area contributed by atoms with Crippen molar-refractivity contribution < 1.29 is 22.7 Å². The number of hydrogen-bond donors (Lipinski definition) is 2. The van der Waals surface area contributed by atoms with Gasteiger partial charge in [-0.1, -0.05) is 19.1 Å². The van der Waals surface area contributed by atoms with E-state index in [-0.39, 0.29) is 42.6 Å². The number of alkyl halides is 3. The zero-order valence-corrected chi connectivity index (χ0v) is 14.3. The molecule has 0 saturated carbocycles. The fourth-order valence-corrected chi connectivity index (χ4v) is 2.34. The van der Waals surface area contributed by atoms with Gasteiger partial charge in [0.25, 0.3) is 0 Å². The number of carbonyl (C=O) groups is 1. The number of carbonyl (C=O) groups excluding carboxylic acids is 1. The monoisotopic (exact) mass is 366 g/mol. The molecule has 0 radical (unpaired) electrons. The van der Waals surface area contributed by atoms with E-state index in [1.165, 1.54) is 18.2 Å². The van der Waals surface area contributed by atoms with Crippen LogP contribution in [0.4, 0.5) is 13.2 Å². The highest BCUT2D eigenvalue weighted by molar-refractivity contribution is 5.85. The summed E-state index contributed by atoms with van der Waals surface area (Å²) in [6.07, 6.45) is -4.46. The van der Waals surface area contributed by atoms with E-state index in [0.717, 1.165) is 19.2 Å². The van der Waals surface area contributed by atoms with E-state index >= 15 is 0 Å². The first-order chi connectivity index (χ1) is 10.8. The first-order valence-corrected chi connectivity index (χ1v) is 7.59. The Morgan fingerprint density at radius 1 is 1.33 bits per heavy atom. The van der Waals surface area contributed by atoms with Crippen LogP contribution in [0.3, 0.4) is 0 Å². The van der Waals surface area contributed by atoms with Crippen molar-refractivity contribution in [3.63, 3.8) is 0 Å². The van der Waals surface area contributed by atoms with Crippen LogP contribution in [0.1, 0.15) is 19.4 Å². The van der Waals surface area contributed by atoms with Crippen LogP contribution in [-0.4, -0.2) is 31.6 Å². The maximum Gasteiger partial charge on any atom is 0.419 e. The summed E-state index contributed by atoms with van der Waals surface area (Å²) in [5, 5.41) is 5.89. The van der Waals surface area contributed by atoms with Crippen LogP contribution in [0, 0.1) is 11.8 Å². The standard InChI is InChI=1S/C16H21F3N2O2.ClH/c1-10(21-15(22)11(2)12-7-20-8-12)9-23-14-6-4-3-5-13(14)16(17,18)19;/h3-6,10-12,20H,7-9H2,1-2H3,(H,21,22);1H. The molecule has 2 atom stereocenters. The van der Waals surface area contributed by atoms with E-state index in [1.54, 1.807) is 6.92 Å². The topological polar surface area (TPSA) is 50.4 Å². The quantitative estimate of drug-likeness (QED) is 0.814. The summed E-state index contributed by atoms with van der Waals surface area (Å²) in [5.74, 6) is -0.135. The lowest BCUT2D eigenvalue weighted by Crippen LogP contribution is -2.51. The molecule has 0 bridgehead atoms. The molecular weight excluding hydrogens is 345 g/mol. The number of ether oxygens (including phenoxy) is 1. The number of hydrogen-bond acceptors (Lipinski definition) is 3. The lowest BCUT2D eigenvalue weighted by Gasteiger charge is -2.32. The zero-order valence-electron chi connectivity index (χ0n) is 13.5. The molecule has 0 aromatic heterocycles. The molecule has 4 nitrogen and oxygen atoms in total. The van der Waals surface area contributed by atoms with Gasteiger partial charge >= 0.3 is 6.18 Å². The predicted octanol–water partition coefficient (Wildman–Crippen LogP) is 2.87. The molecule has 1 aromatic rings. The number of benzene rings is 1. The van der Waals surface area contributed by atoms with Crippen molar-refractivity contribution in [1.82, 2.24) is 10.6 Å². The van der Waals surface area contributed by atoms with Gasteiger partial charge in [0.1, 0.15) is 12.4 Å². The van der Waals surface area contributed by atoms with Gasteiger partial charge in [0.2, 0.25) is 5.91 Å². The summed E-state index contributed by atoms with van der Waals surface area (Å²) in [6.45, 7) is 5.18. The normalized spacial score (nSPS) is 17.2. The van der Waals surface area contributed by atoms with Crippen LogP contribution in [0.15, 0.2) is 24.3 Å². The molecule has 8 heteroatoms. The Labute approximate surface area is 145 Å². The molecule has 1 fully saturated rings. The third kappa shape index (κ3) is 5.27. The summed E-state index contributed by atoms with van der Waals surface area (Å²) < 4.78 is 43.9. The van der Waals surface area contributed by atoms with Crippen molar-refractivity contribution in [3.05, 3.63) is 29.8 Å². The van der Waals surface area contributed by atoms with E-state index in [2.05, 4.69) is 10.6 Å². The average molecular weight is 367 g/mol. The Kier molecular flexibility index (Phi) is 7.35. The van der Waals surface area contributed by atoms with E-state index in [9.17, 15) is 18.0 Å². The summed E-state index contributed by atoms with van der Waals surface area (Å²) in [4.78, 5) is 12.1. The second-order valence-corrected chi connectivity index (χ2v) is 5.92. The van der Waals surface area contributed by atoms with Crippen LogP contribution >= 0.6 is 12.4 Å². The fourth-order valence-electron chi connectivity index (χ4n) is 2.34. The van der Waals surface area contributed by atoms with E-state index in [4.69, 9.17) is 4.74 Å². The number of amides is 1. The Balaban J connectivity index is 0.00000288. The Hall–Kier alpha value is -1.47. The molecule has 1 saturated heterocycles. The lowest BCUT2D eigenvalue weighted by atomic mass is 9.88. The minimum absolute atomic E-state index is 0. The number of nitrogens with one attached hydrogen (secondary N) is 2. The second kappa shape index (κ2) is 8.58. The summed E-state index contributed by atoms with van der Waals surface area (Å²) in [6, 6.07) is 4.68. The highest BCUT2D eigenvalue weighted by Gasteiger charge is 2.34. The summed E-state index contributed by atoms with van der Waals surface area (Å²) in [5.41, 5.74) is -0.813. The molecule has 1 aliphatic heterocycles. The van der Waals surface area contributed by atoms with Crippen molar-refractivity contribution in [2.24, 2.45) is 11.8 Å². The van der Waals surface area contributed by atoms with E-state index in [1.807, 2.05) is 6.92 Å². The largest absolute Gasteiger partial charge is 0.491 e. The number of para-hydroxylation sites is 1. The molecule has 0 aliphatic carbocycles. The number of halogens is 4. The molecule has 1 aliphatic rings. The fraction of sp³-hybridized carbons (Fsp3) is 0.562. The minimum Gasteiger partial charge on any atom is -0.491 e. The van der Waals surface area contributed by atoms with Crippen LogP contribution in [0.2, 0.25) is 0 Å². The molecule has 0 spiro atoms. The van der Waals surface area contributed by atoms with Gasteiger partial charge in [0.05, 0.1) is 11.6 Å². The maximum atomic E-state index is 12.9. The highest BCUT2D eigenvalue weighted by Crippen LogP contribution is 2.35. The van der Waals surface area contributed by atoms with Gasteiger partial charge in [-0.05, 0) is 38.1 Å². The van der Waals surface area contributed by atoms with Crippen LogP contribution in [0.5, 0.6) is 5.75 Å². The van der Waals surface area contributed by atoms with Gasteiger partial charge in [0, 0.05) is 5.92 Å². The van der Waals surface area contributed by atoms with Crippen molar-refractivity contribution in [2.45, 2.75) is 26.1 Å². The summed E-state index contributed by atoms with van der Waals surface area (Å²) >= 11 is 0. The molecule has 2 N–H and O–H groups in total. The van der Waals surface area contributed by atoms with Crippen LogP contribution < -0.4 is 15.4 Å². The minimum atomic E-state index is -4.46. The highest BCUT2D eigenvalue weighted by atomic mass is 35.5. The van der Waals surface area contributed by atoms with Crippen molar-refractivity contribution in [2.75, 3.05) is 19.7 Å². The van der Waals surface area contributed by atoms with Crippen molar-refractivity contribution in [3.8, 4) is 5.75 Å².